The Bertz CT molecular complexity index is 698. The molecular weight excluding hydrogens is 285 g/mol. The number of carbonyl (C=O) groups excluding carboxylic acids is 1. The van der Waals surface area contributed by atoms with E-state index in [4.69, 9.17) is 4.42 Å². The van der Waals surface area contributed by atoms with E-state index in [2.05, 4.69) is 15.6 Å². The Balaban J connectivity index is 1.46. The molecule has 114 valence electrons. The lowest BCUT2D eigenvalue weighted by atomic mass is 9.95. The number of oxazole rings is 1. The summed E-state index contributed by atoms with van der Waals surface area (Å²) in [5.41, 5.74) is 0.689. The first-order chi connectivity index (χ1) is 10.7. The van der Waals surface area contributed by atoms with Crippen LogP contribution in [-0.4, -0.2) is 29.0 Å². The molecule has 2 fully saturated rings. The Morgan fingerprint density at radius 1 is 1.32 bits per heavy atom. The van der Waals surface area contributed by atoms with E-state index in [1.165, 1.54) is 24.8 Å². The van der Waals surface area contributed by atoms with Gasteiger partial charge in [0.05, 0.1) is 6.20 Å². The first-order valence-corrected chi connectivity index (χ1v) is 7.48. The van der Waals surface area contributed by atoms with E-state index in [0.717, 1.165) is 12.8 Å². The van der Waals surface area contributed by atoms with E-state index in [1.54, 1.807) is 12.1 Å². The van der Waals surface area contributed by atoms with Crippen molar-refractivity contribution in [3.8, 4) is 11.3 Å². The zero-order chi connectivity index (χ0) is 15.1. The zero-order valence-corrected chi connectivity index (χ0v) is 11.9. The van der Waals surface area contributed by atoms with Gasteiger partial charge < -0.3 is 15.1 Å². The minimum atomic E-state index is -0.315. The molecule has 2 bridgehead atoms. The molecule has 3 atom stereocenters. The molecule has 3 heterocycles. The molecule has 0 radical (unpaired) electrons. The van der Waals surface area contributed by atoms with Gasteiger partial charge in [-0.05, 0) is 43.5 Å². The normalized spacial score (nSPS) is 26.3. The summed E-state index contributed by atoms with van der Waals surface area (Å²) in [4.78, 5) is 16.2. The highest BCUT2D eigenvalue weighted by atomic mass is 19.1. The van der Waals surface area contributed by atoms with Gasteiger partial charge in [-0.15, -0.1) is 0 Å². The average molecular weight is 301 g/mol. The monoisotopic (exact) mass is 301 g/mol. The topological polar surface area (TPSA) is 67.2 Å². The number of hydrogen-bond donors (Lipinski definition) is 2. The van der Waals surface area contributed by atoms with Crippen molar-refractivity contribution in [3.63, 3.8) is 0 Å². The molecule has 0 unspecified atom stereocenters. The lowest BCUT2D eigenvalue weighted by Crippen LogP contribution is -2.43. The van der Waals surface area contributed by atoms with Gasteiger partial charge in [0.2, 0.25) is 0 Å². The number of halogens is 1. The number of rotatable bonds is 3. The third-order valence-corrected chi connectivity index (χ3v) is 4.45. The number of amides is 1. The van der Waals surface area contributed by atoms with Gasteiger partial charge >= 0.3 is 5.91 Å². The van der Waals surface area contributed by atoms with Crippen LogP contribution in [0.2, 0.25) is 0 Å². The smallest absolute Gasteiger partial charge is 0.307 e. The zero-order valence-electron chi connectivity index (χ0n) is 11.9. The van der Waals surface area contributed by atoms with Crippen molar-refractivity contribution in [1.82, 2.24) is 15.6 Å². The SMILES string of the molecule is O=C(N[C@@H]1C[C@H]2CC[C@@H]1N2)c1ncc(-c2ccc(F)cc2)o1. The number of nitrogens with one attached hydrogen (secondary N) is 2. The van der Waals surface area contributed by atoms with E-state index in [9.17, 15) is 9.18 Å². The molecule has 22 heavy (non-hydrogen) atoms. The predicted octanol–water partition coefficient (Wildman–Crippen LogP) is 2.10. The largest absolute Gasteiger partial charge is 0.432 e. The molecule has 5 nitrogen and oxygen atoms in total. The molecule has 0 aliphatic carbocycles. The molecule has 2 N–H and O–H groups in total. The van der Waals surface area contributed by atoms with Crippen LogP contribution in [0.3, 0.4) is 0 Å². The van der Waals surface area contributed by atoms with Crippen molar-refractivity contribution in [2.45, 2.75) is 37.4 Å². The van der Waals surface area contributed by atoms with E-state index in [0.29, 0.717) is 23.4 Å². The number of nitrogens with zero attached hydrogens (tertiary/aromatic N) is 1. The van der Waals surface area contributed by atoms with Crippen molar-refractivity contribution >= 4 is 5.91 Å². The van der Waals surface area contributed by atoms with Gasteiger partial charge in [-0.1, -0.05) is 0 Å². The average Bonchev–Trinajstić information content (AvgIpc) is 3.24. The molecule has 0 saturated carbocycles. The van der Waals surface area contributed by atoms with Gasteiger partial charge in [-0.2, -0.15) is 0 Å². The first kappa shape index (κ1) is 13.5. The van der Waals surface area contributed by atoms with Gasteiger partial charge in [0.1, 0.15) is 5.82 Å². The fourth-order valence-electron chi connectivity index (χ4n) is 3.34. The first-order valence-electron chi connectivity index (χ1n) is 7.48. The summed E-state index contributed by atoms with van der Waals surface area (Å²) in [5, 5.41) is 6.45. The van der Waals surface area contributed by atoms with Crippen LogP contribution in [0.5, 0.6) is 0 Å². The summed E-state index contributed by atoms with van der Waals surface area (Å²) in [6.45, 7) is 0. The lowest BCUT2D eigenvalue weighted by Gasteiger charge is -2.20. The van der Waals surface area contributed by atoms with Gasteiger partial charge in [-0.25, -0.2) is 9.37 Å². The second kappa shape index (κ2) is 5.21. The van der Waals surface area contributed by atoms with Crippen molar-refractivity contribution < 1.29 is 13.6 Å². The molecule has 6 heteroatoms. The highest BCUT2D eigenvalue weighted by molar-refractivity contribution is 5.90. The molecule has 2 saturated heterocycles. The van der Waals surface area contributed by atoms with Gasteiger partial charge in [0.25, 0.3) is 5.89 Å². The molecule has 1 aromatic heterocycles. The predicted molar refractivity (Wildman–Crippen MR) is 77.7 cm³/mol. The van der Waals surface area contributed by atoms with Crippen molar-refractivity contribution in [1.29, 1.82) is 0 Å². The highest BCUT2D eigenvalue weighted by Crippen LogP contribution is 2.28. The molecule has 2 aliphatic heterocycles. The second-order valence-electron chi connectivity index (χ2n) is 5.90. The third kappa shape index (κ3) is 2.39. The van der Waals surface area contributed by atoms with Crippen LogP contribution >= 0.6 is 0 Å². The summed E-state index contributed by atoms with van der Waals surface area (Å²) in [6, 6.07) is 6.91. The van der Waals surface area contributed by atoms with E-state index >= 15 is 0 Å². The van der Waals surface area contributed by atoms with Crippen LogP contribution in [0, 0.1) is 5.82 Å². The Labute approximate surface area is 126 Å². The molecular formula is C16H16FN3O2. The summed E-state index contributed by atoms with van der Waals surface area (Å²) in [6.07, 6.45) is 4.73. The number of benzene rings is 1. The van der Waals surface area contributed by atoms with E-state index < -0.39 is 0 Å². The number of fused-ring (bicyclic) bond motifs is 2. The van der Waals surface area contributed by atoms with Crippen molar-refractivity contribution in [2.24, 2.45) is 0 Å². The van der Waals surface area contributed by atoms with Gasteiger partial charge in [-0.3, -0.25) is 4.79 Å². The van der Waals surface area contributed by atoms with Crippen LogP contribution in [0.1, 0.15) is 29.9 Å². The van der Waals surface area contributed by atoms with E-state index in [-0.39, 0.29) is 23.7 Å². The quantitative estimate of drug-likeness (QED) is 0.911. The molecule has 0 spiro atoms. The standard InChI is InChI=1S/C16H16FN3O2/c17-10-3-1-9(2-4-10)14-8-18-16(22-14)15(21)20-13-7-11-5-6-12(13)19-11/h1-4,8,11-13,19H,5-7H2,(H,20,21)/t11-,12+,13-/m1/s1. The van der Waals surface area contributed by atoms with Crippen molar-refractivity contribution in [2.75, 3.05) is 0 Å². The summed E-state index contributed by atoms with van der Waals surface area (Å²) >= 11 is 0. The number of aromatic nitrogens is 1. The number of hydrogen-bond acceptors (Lipinski definition) is 4. The summed E-state index contributed by atoms with van der Waals surface area (Å²) in [5.74, 6) is -0.115. The van der Waals surface area contributed by atoms with Gasteiger partial charge in [0.15, 0.2) is 5.76 Å². The number of carbonyl (C=O) groups is 1. The van der Waals surface area contributed by atoms with Gasteiger partial charge in [0, 0.05) is 23.7 Å². The van der Waals surface area contributed by atoms with Crippen LogP contribution in [0.4, 0.5) is 4.39 Å². The molecule has 1 aromatic carbocycles. The fourth-order valence-corrected chi connectivity index (χ4v) is 3.34. The molecule has 2 aliphatic rings. The minimum absolute atomic E-state index is 0.0436. The second-order valence-corrected chi connectivity index (χ2v) is 5.90. The Morgan fingerprint density at radius 3 is 2.82 bits per heavy atom. The Kier molecular flexibility index (Phi) is 3.18. The van der Waals surface area contributed by atoms with Crippen LogP contribution in [0.15, 0.2) is 34.9 Å². The minimum Gasteiger partial charge on any atom is -0.432 e. The van der Waals surface area contributed by atoms with Crippen LogP contribution in [0.25, 0.3) is 11.3 Å². The fraction of sp³-hybridized carbons (Fsp3) is 0.375. The maximum absolute atomic E-state index is 12.9. The van der Waals surface area contributed by atoms with Crippen LogP contribution in [-0.2, 0) is 0 Å². The Morgan fingerprint density at radius 2 is 2.14 bits per heavy atom. The summed E-state index contributed by atoms with van der Waals surface area (Å²) < 4.78 is 18.4. The highest BCUT2D eigenvalue weighted by Gasteiger charge is 2.40. The molecule has 4 rings (SSSR count). The third-order valence-electron chi connectivity index (χ3n) is 4.45. The van der Waals surface area contributed by atoms with E-state index in [1.807, 2.05) is 0 Å². The van der Waals surface area contributed by atoms with Crippen LogP contribution < -0.4 is 10.6 Å². The maximum atomic E-state index is 12.9. The molecule has 1 amide bonds. The maximum Gasteiger partial charge on any atom is 0.307 e. The van der Waals surface area contributed by atoms with Crippen molar-refractivity contribution in [3.05, 3.63) is 42.2 Å². The summed E-state index contributed by atoms with van der Waals surface area (Å²) in [7, 11) is 0. The Hall–Kier alpha value is -2.21. The molecule has 2 aromatic rings. The lowest BCUT2D eigenvalue weighted by molar-refractivity contribution is 0.0896.